The Bertz CT molecular complexity index is 463. The van der Waals surface area contributed by atoms with Crippen LogP contribution in [-0.2, 0) is 9.47 Å². The maximum atomic E-state index is 11.0. The molecule has 6 nitrogen and oxygen atoms in total. The maximum Gasteiger partial charge on any atom is 0.0701 e. The predicted octanol–water partition coefficient (Wildman–Crippen LogP) is 7.34. The number of rotatable bonds is 32. The molecule has 0 fully saturated rings. The Morgan fingerprint density at radius 1 is 0.550 bits per heavy atom. The zero-order valence-electron chi connectivity index (χ0n) is 27.4. The molecule has 6 heteroatoms. The Hall–Kier alpha value is -0.240. The number of hydrogen-bond acceptors (Lipinski definition) is 6. The van der Waals surface area contributed by atoms with Gasteiger partial charge in [-0.3, -0.25) is 4.90 Å². The van der Waals surface area contributed by atoms with Crippen molar-refractivity contribution in [3.63, 3.8) is 0 Å². The van der Waals surface area contributed by atoms with Gasteiger partial charge in [0.25, 0.3) is 0 Å². The second kappa shape index (κ2) is 30.2. The molecule has 0 aliphatic rings. The summed E-state index contributed by atoms with van der Waals surface area (Å²) in [7, 11) is 0. The van der Waals surface area contributed by atoms with Crippen LogP contribution in [0.3, 0.4) is 0 Å². The first-order valence-corrected chi connectivity index (χ1v) is 17.4. The molecule has 40 heavy (non-hydrogen) atoms. The van der Waals surface area contributed by atoms with Crippen molar-refractivity contribution in [2.75, 3.05) is 52.6 Å². The molecule has 0 saturated heterocycles. The first-order chi connectivity index (χ1) is 19.5. The van der Waals surface area contributed by atoms with Gasteiger partial charge in [-0.1, -0.05) is 130 Å². The Morgan fingerprint density at radius 2 is 0.925 bits per heavy atom. The van der Waals surface area contributed by atoms with E-state index in [-0.39, 0.29) is 24.0 Å². The highest BCUT2D eigenvalue weighted by Gasteiger charge is 2.22. The highest BCUT2D eigenvalue weighted by Crippen LogP contribution is 2.19. The van der Waals surface area contributed by atoms with Gasteiger partial charge in [0.15, 0.2) is 0 Å². The molecule has 0 heterocycles. The van der Waals surface area contributed by atoms with Crippen molar-refractivity contribution in [3.05, 3.63) is 0 Å². The minimum atomic E-state index is -0.382. The first-order valence-electron chi connectivity index (χ1n) is 17.4. The minimum absolute atomic E-state index is 0.264. The summed E-state index contributed by atoms with van der Waals surface area (Å²) in [6, 6.07) is 0. The van der Waals surface area contributed by atoms with Crippen molar-refractivity contribution < 1.29 is 19.7 Å². The largest absolute Gasteiger partial charge is 0.392 e. The number of hydrogen-bond donors (Lipinski definition) is 3. The molecular formula is C34H72N2O4. The number of unbranched alkanes of at least 4 members (excludes halogenated alkanes) is 14. The van der Waals surface area contributed by atoms with E-state index in [0.717, 1.165) is 12.8 Å². The molecule has 4 unspecified atom stereocenters. The van der Waals surface area contributed by atoms with E-state index >= 15 is 0 Å². The second-order valence-corrected chi connectivity index (χ2v) is 12.4. The summed E-state index contributed by atoms with van der Waals surface area (Å²) in [6.07, 6.45) is 22.4. The standard InChI is InChI=1S/C34H72N2O4/c1-5-7-9-11-13-15-17-19-21-31(3)33(37)29-36(24-26-40-28-27-39-25-23-35)30-34(38)32(4)22-20-18-16-14-12-10-8-6-2/h31-34,37-38H,5-30,35H2,1-4H3. The van der Waals surface area contributed by atoms with Crippen molar-refractivity contribution in [1.29, 1.82) is 0 Å². The third kappa shape index (κ3) is 25.5. The molecule has 0 aromatic rings. The highest BCUT2D eigenvalue weighted by atomic mass is 16.5. The van der Waals surface area contributed by atoms with E-state index in [1.165, 1.54) is 103 Å². The molecule has 4 N–H and O–H groups in total. The third-order valence-electron chi connectivity index (χ3n) is 8.42. The van der Waals surface area contributed by atoms with Crippen molar-refractivity contribution in [2.45, 2.75) is 155 Å². The Morgan fingerprint density at radius 3 is 1.32 bits per heavy atom. The summed E-state index contributed by atoms with van der Waals surface area (Å²) >= 11 is 0. The van der Waals surface area contributed by atoms with Gasteiger partial charge in [0, 0.05) is 26.2 Å². The Labute approximate surface area is 250 Å². The lowest BCUT2D eigenvalue weighted by molar-refractivity contribution is 0.00297. The van der Waals surface area contributed by atoms with E-state index in [1.54, 1.807) is 0 Å². The van der Waals surface area contributed by atoms with Gasteiger partial charge >= 0.3 is 0 Å². The fourth-order valence-electron chi connectivity index (χ4n) is 5.33. The molecule has 4 atom stereocenters. The molecule has 0 rings (SSSR count). The van der Waals surface area contributed by atoms with E-state index in [9.17, 15) is 10.2 Å². The monoisotopic (exact) mass is 573 g/mol. The number of aliphatic hydroxyl groups is 2. The third-order valence-corrected chi connectivity index (χ3v) is 8.42. The van der Waals surface area contributed by atoms with E-state index in [0.29, 0.717) is 52.6 Å². The van der Waals surface area contributed by atoms with Crippen LogP contribution in [-0.4, -0.2) is 79.9 Å². The van der Waals surface area contributed by atoms with Gasteiger partial charge in [0.1, 0.15) is 0 Å². The molecule has 242 valence electrons. The van der Waals surface area contributed by atoms with Crippen LogP contribution >= 0.6 is 0 Å². The zero-order valence-corrected chi connectivity index (χ0v) is 27.4. The molecule has 0 amide bonds. The average molecular weight is 573 g/mol. The fourth-order valence-corrected chi connectivity index (χ4v) is 5.33. The van der Waals surface area contributed by atoms with Gasteiger partial charge in [0.2, 0.25) is 0 Å². The molecule has 0 bridgehead atoms. The SMILES string of the molecule is CCCCCCCCCCC(C)C(O)CN(CCOCCOCCN)CC(O)C(C)CCCCCCCCCC. The first kappa shape index (κ1) is 39.8. The number of ether oxygens (including phenoxy) is 2. The van der Waals surface area contributed by atoms with Gasteiger partial charge < -0.3 is 25.4 Å². The van der Waals surface area contributed by atoms with Crippen LogP contribution in [0.4, 0.5) is 0 Å². The quantitative estimate of drug-likeness (QED) is 0.0731. The fraction of sp³-hybridized carbons (Fsp3) is 1.00. The normalized spacial score (nSPS) is 15.0. The molecule has 0 aliphatic carbocycles. The van der Waals surface area contributed by atoms with Crippen LogP contribution in [0.25, 0.3) is 0 Å². The van der Waals surface area contributed by atoms with Crippen LogP contribution in [0.15, 0.2) is 0 Å². The summed E-state index contributed by atoms with van der Waals surface area (Å²) in [5.41, 5.74) is 5.47. The average Bonchev–Trinajstić information content (AvgIpc) is 2.94. The van der Waals surface area contributed by atoms with Gasteiger partial charge in [-0.2, -0.15) is 0 Å². The smallest absolute Gasteiger partial charge is 0.0701 e. The second-order valence-electron chi connectivity index (χ2n) is 12.4. The molecular weight excluding hydrogens is 500 g/mol. The van der Waals surface area contributed by atoms with Gasteiger partial charge in [0.05, 0.1) is 38.6 Å². The van der Waals surface area contributed by atoms with Gasteiger partial charge in [-0.25, -0.2) is 0 Å². The van der Waals surface area contributed by atoms with Crippen LogP contribution in [0.2, 0.25) is 0 Å². The van der Waals surface area contributed by atoms with Gasteiger partial charge in [-0.15, -0.1) is 0 Å². The van der Waals surface area contributed by atoms with Crippen LogP contribution in [0, 0.1) is 11.8 Å². The van der Waals surface area contributed by atoms with Crippen molar-refractivity contribution >= 4 is 0 Å². The van der Waals surface area contributed by atoms with Crippen molar-refractivity contribution in [1.82, 2.24) is 4.90 Å². The Balaban J connectivity index is 4.46. The molecule has 0 aromatic heterocycles. The summed E-state index contributed by atoms with van der Waals surface area (Å²) in [5, 5.41) is 22.0. The zero-order chi connectivity index (χ0) is 29.7. The van der Waals surface area contributed by atoms with Crippen molar-refractivity contribution in [2.24, 2.45) is 17.6 Å². The van der Waals surface area contributed by atoms with Crippen molar-refractivity contribution in [3.8, 4) is 0 Å². The Kier molecular flexibility index (Phi) is 30.0. The predicted molar refractivity (Wildman–Crippen MR) is 172 cm³/mol. The number of aliphatic hydroxyl groups excluding tert-OH is 2. The maximum absolute atomic E-state index is 11.0. The van der Waals surface area contributed by atoms with E-state index < -0.39 is 0 Å². The van der Waals surface area contributed by atoms with Crippen LogP contribution < -0.4 is 5.73 Å². The lowest BCUT2D eigenvalue weighted by Crippen LogP contribution is -2.43. The topological polar surface area (TPSA) is 88.2 Å². The molecule has 0 spiro atoms. The molecule has 0 aromatic carbocycles. The lowest BCUT2D eigenvalue weighted by Gasteiger charge is -2.31. The minimum Gasteiger partial charge on any atom is -0.392 e. The molecule has 0 saturated carbocycles. The summed E-state index contributed by atoms with van der Waals surface area (Å²) in [4.78, 5) is 2.21. The summed E-state index contributed by atoms with van der Waals surface area (Å²) in [6.45, 7) is 13.5. The van der Waals surface area contributed by atoms with E-state index in [2.05, 4.69) is 32.6 Å². The number of nitrogens with zero attached hydrogens (tertiary/aromatic N) is 1. The summed E-state index contributed by atoms with van der Waals surface area (Å²) in [5.74, 6) is 0.528. The van der Waals surface area contributed by atoms with Crippen LogP contribution in [0.1, 0.15) is 143 Å². The van der Waals surface area contributed by atoms with Gasteiger partial charge in [-0.05, 0) is 24.7 Å². The highest BCUT2D eigenvalue weighted by molar-refractivity contribution is 4.75. The number of nitrogens with two attached hydrogens (primary N) is 1. The lowest BCUT2D eigenvalue weighted by atomic mass is 9.94. The van der Waals surface area contributed by atoms with E-state index in [1.807, 2.05) is 0 Å². The molecule has 0 radical (unpaired) electrons. The summed E-state index contributed by atoms with van der Waals surface area (Å²) < 4.78 is 11.2. The molecule has 0 aliphatic heterocycles. The van der Waals surface area contributed by atoms with Crippen LogP contribution in [0.5, 0.6) is 0 Å². The van der Waals surface area contributed by atoms with E-state index in [4.69, 9.17) is 15.2 Å².